The zero-order chi connectivity index (χ0) is 23.3. The van der Waals surface area contributed by atoms with E-state index in [1.807, 2.05) is 4.90 Å². The lowest BCUT2D eigenvalue weighted by molar-refractivity contribution is -0.137. The van der Waals surface area contributed by atoms with Crippen LogP contribution in [0.15, 0.2) is 28.7 Å². The molecule has 2 aliphatic rings. The zero-order valence-corrected chi connectivity index (χ0v) is 17.9. The van der Waals surface area contributed by atoms with E-state index in [-0.39, 0.29) is 18.4 Å². The molecule has 0 bridgehead atoms. The second-order valence-electron chi connectivity index (χ2n) is 8.78. The van der Waals surface area contributed by atoms with Gasteiger partial charge in [0.05, 0.1) is 29.4 Å². The third kappa shape index (κ3) is 3.73. The van der Waals surface area contributed by atoms with E-state index in [2.05, 4.69) is 0 Å². The Kier molecular flexibility index (Phi) is 5.45. The fourth-order valence-electron chi connectivity index (χ4n) is 5.06. The first-order valence-electron chi connectivity index (χ1n) is 10.4. The molecule has 2 atom stereocenters. The number of amides is 1. The topological polar surface area (TPSA) is 80.7 Å². The van der Waals surface area contributed by atoms with Gasteiger partial charge in [-0.25, -0.2) is 0 Å². The Hall–Kier alpha value is -2.99. The summed E-state index contributed by atoms with van der Waals surface area (Å²) < 4.78 is 45.7. The summed E-state index contributed by atoms with van der Waals surface area (Å²) in [5.41, 5.74) is -1.17. The number of hydrogen-bond acceptors (Lipinski definition) is 5. The summed E-state index contributed by atoms with van der Waals surface area (Å²) in [6.45, 7) is 4.95. The lowest BCUT2D eigenvalue weighted by atomic mass is 9.74. The number of carbonyl (C=O) groups is 1. The Labute approximate surface area is 183 Å². The Morgan fingerprint density at radius 2 is 2.06 bits per heavy atom. The van der Waals surface area contributed by atoms with E-state index < -0.39 is 22.7 Å². The molecule has 2 aliphatic heterocycles. The molecule has 1 aromatic heterocycles. The smallest absolute Gasteiger partial charge is 0.417 e. The normalized spacial score (nSPS) is 23.2. The summed E-state index contributed by atoms with van der Waals surface area (Å²) in [7, 11) is 0. The number of carbonyl (C=O) groups excluding carboxylic acids is 1. The van der Waals surface area contributed by atoms with Crippen molar-refractivity contribution in [1.82, 2.24) is 4.90 Å². The molecule has 3 heterocycles. The number of nitrogens with zero attached hydrogens (tertiary/aromatic N) is 3. The number of benzene rings is 1. The lowest BCUT2D eigenvalue weighted by Gasteiger charge is -2.44. The maximum Gasteiger partial charge on any atom is 0.417 e. The third-order valence-electron chi connectivity index (χ3n) is 6.73. The number of aliphatic hydroxyl groups excluding tert-OH is 1. The number of aliphatic hydroxyl groups is 1. The molecule has 2 saturated heterocycles. The van der Waals surface area contributed by atoms with Crippen molar-refractivity contribution < 1.29 is 27.5 Å². The van der Waals surface area contributed by atoms with Crippen molar-refractivity contribution in [1.29, 1.82) is 5.26 Å². The number of rotatable bonds is 3. The highest BCUT2D eigenvalue weighted by Crippen LogP contribution is 2.44. The van der Waals surface area contributed by atoms with Gasteiger partial charge in [0.1, 0.15) is 11.5 Å². The molecule has 2 fully saturated rings. The first kappa shape index (κ1) is 22.2. The Balaban J connectivity index is 1.59. The highest BCUT2D eigenvalue weighted by Gasteiger charge is 2.51. The van der Waals surface area contributed by atoms with Crippen LogP contribution >= 0.6 is 0 Å². The van der Waals surface area contributed by atoms with Gasteiger partial charge in [0.25, 0.3) is 5.91 Å². The maximum absolute atomic E-state index is 13.4. The number of alkyl halides is 3. The van der Waals surface area contributed by atoms with Crippen LogP contribution in [0, 0.1) is 36.5 Å². The summed E-state index contributed by atoms with van der Waals surface area (Å²) in [5.74, 6) is 1.07. The highest BCUT2D eigenvalue weighted by atomic mass is 19.4. The zero-order valence-electron chi connectivity index (χ0n) is 17.9. The van der Waals surface area contributed by atoms with E-state index in [1.165, 1.54) is 12.1 Å². The van der Waals surface area contributed by atoms with Crippen molar-refractivity contribution in [3.63, 3.8) is 0 Å². The molecule has 9 heteroatoms. The number of hydrogen-bond donors (Lipinski definition) is 1. The molecule has 6 nitrogen and oxygen atoms in total. The van der Waals surface area contributed by atoms with Crippen LogP contribution in [0.1, 0.15) is 39.4 Å². The molecule has 32 heavy (non-hydrogen) atoms. The standard InChI is InChI=1S/C23H24F3N3O3/c1-14-7-19(15(2)32-14)21(31)29-10-17-5-6-28(11-22(17,12-29)13-30)18-4-3-16(9-27)20(8-18)23(24,25)26/h3-4,7-8,17,30H,5-6,10-13H2,1-2H3/t17-,22+/m1/s1. The number of fused-ring (bicyclic) bond motifs is 1. The van der Waals surface area contributed by atoms with Gasteiger partial charge < -0.3 is 19.3 Å². The molecule has 0 unspecified atom stereocenters. The van der Waals surface area contributed by atoms with Crippen LogP contribution < -0.4 is 4.90 Å². The minimum absolute atomic E-state index is 0.0430. The molecule has 170 valence electrons. The highest BCUT2D eigenvalue weighted by molar-refractivity contribution is 5.95. The van der Waals surface area contributed by atoms with Gasteiger partial charge >= 0.3 is 6.18 Å². The molecule has 1 aromatic carbocycles. The molecule has 0 radical (unpaired) electrons. The monoisotopic (exact) mass is 447 g/mol. The van der Waals surface area contributed by atoms with Gasteiger partial charge in [-0.05, 0) is 50.5 Å². The number of likely N-dealkylation sites (tertiary alicyclic amines) is 1. The van der Waals surface area contributed by atoms with E-state index in [0.717, 1.165) is 6.07 Å². The second-order valence-corrected chi connectivity index (χ2v) is 8.78. The van der Waals surface area contributed by atoms with Gasteiger partial charge in [-0.2, -0.15) is 18.4 Å². The van der Waals surface area contributed by atoms with Gasteiger partial charge in [-0.15, -0.1) is 0 Å². The van der Waals surface area contributed by atoms with Crippen molar-refractivity contribution in [2.75, 3.05) is 37.7 Å². The number of halogens is 3. The second kappa shape index (κ2) is 7.85. The van der Waals surface area contributed by atoms with Gasteiger partial charge in [0.2, 0.25) is 0 Å². The average molecular weight is 447 g/mol. The van der Waals surface area contributed by atoms with Crippen LogP contribution in [0.4, 0.5) is 18.9 Å². The van der Waals surface area contributed by atoms with Gasteiger partial charge in [-0.1, -0.05) is 0 Å². The Morgan fingerprint density at radius 1 is 1.31 bits per heavy atom. The molecule has 2 aromatic rings. The van der Waals surface area contributed by atoms with E-state index in [9.17, 15) is 23.1 Å². The fraction of sp³-hybridized carbons (Fsp3) is 0.478. The van der Waals surface area contributed by atoms with Crippen LogP contribution in [-0.4, -0.2) is 48.7 Å². The van der Waals surface area contributed by atoms with Crippen LogP contribution in [0.2, 0.25) is 0 Å². The van der Waals surface area contributed by atoms with Crippen molar-refractivity contribution >= 4 is 11.6 Å². The van der Waals surface area contributed by atoms with Crippen molar-refractivity contribution in [3.05, 3.63) is 52.5 Å². The van der Waals surface area contributed by atoms with Crippen molar-refractivity contribution in [2.45, 2.75) is 26.4 Å². The minimum Gasteiger partial charge on any atom is -0.466 e. The molecule has 0 saturated carbocycles. The predicted octanol–water partition coefficient (Wildman–Crippen LogP) is 3.75. The van der Waals surface area contributed by atoms with E-state index in [0.29, 0.717) is 55.4 Å². The van der Waals surface area contributed by atoms with Crippen LogP contribution in [0.5, 0.6) is 0 Å². The minimum atomic E-state index is -4.63. The van der Waals surface area contributed by atoms with Crippen LogP contribution in [0.25, 0.3) is 0 Å². The SMILES string of the molecule is Cc1cc(C(=O)N2C[C@H]3CCN(c4ccc(C#N)c(C(F)(F)F)c4)C[C@@]3(CO)C2)c(C)o1. The average Bonchev–Trinajstić information content (AvgIpc) is 3.31. The largest absolute Gasteiger partial charge is 0.466 e. The van der Waals surface area contributed by atoms with Crippen molar-refractivity contribution in [3.8, 4) is 6.07 Å². The third-order valence-corrected chi connectivity index (χ3v) is 6.73. The number of nitriles is 1. The van der Waals surface area contributed by atoms with Crippen molar-refractivity contribution in [2.24, 2.45) is 11.3 Å². The summed E-state index contributed by atoms with van der Waals surface area (Å²) in [5, 5.41) is 19.3. The summed E-state index contributed by atoms with van der Waals surface area (Å²) in [4.78, 5) is 16.6. The predicted molar refractivity (Wildman–Crippen MR) is 110 cm³/mol. The van der Waals surface area contributed by atoms with Crippen LogP contribution in [0.3, 0.4) is 0 Å². The van der Waals surface area contributed by atoms with Gasteiger partial charge in [0, 0.05) is 37.3 Å². The van der Waals surface area contributed by atoms with Gasteiger partial charge in [0.15, 0.2) is 0 Å². The summed E-state index contributed by atoms with van der Waals surface area (Å²) in [6, 6.07) is 6.99. The first-order valence-corrected chi connectivity index (χ1v) is 10.4. The molecular weight excluding hydrogens is 423 g/mol. The molecular formula is C23H24F3N3O3. The van der Waals surface area contributed by atoms with E-state index in [4.69, 9.17) is 9.68 Å². The Morgan fingerprint density at radius 3 is 2.66 bits per heavy atom. The quantitative estimate of drug-likeness (QED) is 0.775. The fourth-order valence-corrected chi connectivity index (χ4v) is 5.06. The molecule has 1 N–H and O–H groups in total. The number of anilines is 1. The van der Waals surface area contributed by atoms with E-state index in [1.54, 1.807) is 30.9 Å². The first-order chi connectivity index (χ1) is 15.1. The summed E-state index contributed by atoms with van der Waals surface area (Å²) in [6.07, 6.45) is -4.00. The van der Waals surface area contributed by atoms with Crippen LogP contribution in [-0.2, 0) is 6.18 Å². The number of aryl methyl sites for hydroxylation is 2. The number of furan rings is 1. The number of piperidine rings is 1. The molecule has 4 rings (SSSR count). The lowest BCUT2D eigenvalue weighted by Crippen LogP contribution is -2.51. The Bertz CT molecular complexity index is 1090. The molecule has 1 amide bonds. The molecule has 0 aliphatic carbocycles. The molecule has 0 spiro atoms. The van der Waals surface area contributed by atoms with E-state index >= 15 is 0 Å². The summed E-state index contributed by atoms with van der Waals surface area (Å²) >= 11 is 0. The van der Waals surface area contributed by atoms with Gasteiger partial charge in [-0.3, -0.25) is 4.79 Å². The maximum atomic E-state index is 13.4.